The molecule has 1 unspecified atom stereocenters. The molecule has 5 nitrogen and oxygen atoms in total. The number of aryl methyl sites for hydroxylation is 1. The summed E-state index contributed by atoms with van der Waals surface area (Å²) in [4.78, 5) is 26.1. The average Bonchev–Trinajstić information content (AvgIpc) is 2.47. The standard InChI is InChI=1S/C17H24N2O3/c1-5-13-17(21)19(9-16(20)22-10-11(2)3)15-7-6-12(4)8-14(15)18-13/h6-8,11,13,18H,5,9-10H2,1-4H3. The van der Waals surface area contributed by atoms with E-state index in [4.69, 9.17) is 4.74 Å². The zero-order valence-electron chi connectivity index (χ0n) is 13.7. The van der Waals surface area contributed by atoms with Gasteiger partial charge in [0.05, 0.1) is 18.0 Å². The number of nitrogens with zero attached hydrogens (tertiary/aromatic N) is 1. The van der Waals surface area contributed by atoms with Crippen molar-refractivity contribution in [2.75, 3.05) is 23.4 Å². The number of anilines is 2. The second-order valence-corrected chi connectivity index (χ2v) is 6.13. The van der Waals surface area contributed by atoms with E-state index in [9.17, 15) is 9.59 Å². The van der Waals surface area contributed by atoms with Gasteiger partial charge in [0, 0.05) is 0 Å². The summed E-state index contributed by atoms with van der Waals surface area (Å²) >= 11 is 0. The van der Waals surface area contributed by atoms with Gasteiger partial charge >= 0.3 is 5.97 Å². The Morgan fingerprint density at radius 1 is 1.41 bits per heavy atom. The first kappa shape index (κ1) is 16.3. The number of fused-ring (bicyclic) bond motifs is 1. The molecule has 0 fully saturated rings. The molecule has 1 heterocycles. The Labute approximate surface area is 131 Å². The molecule has 0 saturated heterocycles. The fourth-order valence-corrected chi connectivity index (χ4v) is 2.43. The first-order valence-electron chi connectivity index (χ1n) is 7.76. The van der Waals surface area contributed by atoms with Gasteiger partial charge in [-0.2, -0.15) is 0 Å². The van der Waals surface area contributed by atoms with Gasteiger partial charge in [-0.3, -0.25) is 14.5 Å². The zero-order valence-corrected chi connectivity index (χ0v) is 13.7. The van der Waals surface area contributed by atoms with E-state index < -0.39 is 0 Å². The molecule has 0 saturated carbocycles. The van der Waals surface area contributed by atoms with E-state index in [1.165, 1.54) is 4.90 Å². The number of carbonyl (C=O) groups excluding carboxylic acids is 2. The van der Waals surface area contributed by atoms with Gasteiger partial charge in [0.1, 0.15) is 12.6 Å². The maximum Gasteiger partial charge on any atom is 0.326 e. The van der Waals surface area contributed by atoms with Crippen molar-refractivity contribution in [3.8, 4) is 0 Å². The number of amides is 1. The van der Waals surface area contributed by atoms with E-state index in [-0.39, 0.29) is 30.4 Å². The highest BCUT2D eigenvalue weighted by Crippen LogP contribution is 2.32. The Morgan fingerprint density at radius 2 is 2.14 bits per heavy atom. The Balaban J connectivity index is 2.21. The van der Waals surface area contributed by atoms with E-state index in [1.807, 2.05) is 45.9 Å². The Hall–Kier alpha value is -2.04. The van der Waals surface area contributed by atoms with Crippen LogP contribution < -0.4 is 10.2 Å². The fraction of sp³-hybridized carbons (Fsp3) is 0.529. The minimum Gasteiger partial charge on any atom is -0.464 e. The fourth-order valence-electron chi connectivity index (χ4n) is 2.43. The Kier molecular flexibility index (Phi) is 5.06. The lowest BCUT2D eigenvalue weighted by Crippen LogP contribution is -2.49. The molecular formula is C17H24N2O3. The number of benzene rings is 1. The molecule has 1 atom stereocenters. The molecule has 1 aliphatic rings. The molecule has 0 aliphatic carbocycles. The monoisotopic (exact) mass is 304 g/mol. The minimum atomic E-state index is -0.370. The van der Waals surface area contributed by atoms with Crippen molar-refractivity contribution in [1.29, 1.82) is 0 Å². The SMILES string of the molecule is CCC1Nc2cc(C)ccc2N(CC(=O)OCC(C)C)C1=O. The summed E-state index contributed by atoms with van der Waals surface area (Å²) in [5.41, 5.74) is 2.74. The highest BCUT2D eigenvalue weighted by Gasteiger charge is 2.32. The molecule has 1 N–H and O–H groups in total. The average molecular weight is 304 g/mol. The Bertz CT molecular complexity index is 569. The van der Waals surface area contributed by atoms with E-state index in [2.05, 4.69) is 5.32 Å². The summed E-state index contributed by atoms with van der Waals surface area (Å²) in [6.07, 6.45) is 0.670. The second-order valence-electron chi connectivity index (χ2n) is 6.13. The lowest BCUT2D eigenvalue weighted by atomic mass is 10.1. The molecule has 1 aromatic carbocycles. The number of rotatable bonds is 5. The van der Waals surface area contributed by atoms with Gasteiger partial charge in [0.2, 0.25) is 5.91 Å². The van der Waals surface area contributed by atoms with Crippen molar-refractivity contribution < 1.29 is 14.3 Å². The summed E-state index contributed by atoms with van der Waals surface area (Å²) in [5.74, 6) is -0.174. The quantitative estimate of drug-likeness (QED) is 0.850. The predicted octanol–water partition coefficient (Wildman–Crippen LogP) is 2.73. The molecule has 1 aromatic rings. The lowest BCUT2D eigenvalue weighted by molar-refractivity contribution is -0.144. The molecule has 120 valence electrons. The topological polar surface area (TPSA) is 58.6 Å². The van der Waals surface area contributed by atoms with Crippen LogP contribution in [0.25, 0.3) is 0 Å². The molecule has 2 rings (SSSR count). The molecule has 0 aromatic heterocycles. The van der Waals surface area contributed by atoms with Crippen molar-refractivity contribution in [2.45, 2.75) is 40.2 Å². The molecule has 0 bridgehead atoms. The maximum atomic E-state index is 12.5. The molecule has 1 amide bonds. The van der Waals surface area contributed by atoms with Crippen molar-refractivity contribution in [2.24, 2.45) is 5.92 Å². The van der Waals surface area contributed by atoms with Crippen LogP contribution in [-0.4, -0.2) is 31.1 Å². The van der Waals surface area contributed by atoms with Crippen LogP contribution in [0.3, 0.4) is 0 Å². The van der Waals surface area contributed by atoms with Crippen LogP contribution in [0.1, 0.15) is 32.8 Å². The third-order valence-electron chi connectivity index (χ3n) is 3.61. The predicted molar refractivity (Wildman–Crippen MR) is 87.0 cm³/mol. The van der Waals surface area contributed by atoms with Crippen molar-refractivity contribution in [3.63, 3.8) is 0 Å². The number of nitrogens with one attached hydrogen (secondary N) is 1. The molecule has 5 heteroatoms. The van der Waals surface area contributed by atoms with E-state index in [1.54, 1.807) is 0 Å². The van der Waals surface area contributed by atoms with Gasteiger partial charge in [-0.1, -0.05) is 26.8 Å². The third kappa shape index (κ3) is 3.59. The molecule has 0 radical (unpaired) electrons. The highest BCUT2D eigenvalue weighted by molar-refractivity contribution is 6.07. The number of esters is 1. The summed E-state index contributed by atoms with van der Waals surface area (Å²) in [5, 5.41) is 3.25. The number of carbonyl (C=O) groups is 2. The van der Waals surface area contributed by atoms with E-state index in [0.29, 0.717) is 13.0 Å². The number of hydrogen-bond acceptors (Lipinski definition) is 4. The highest BCUT2D eigenvalue weighted by atomic mass is 16.5. The van der Waals surface area contributed by atoms with Gasteiger partial charge in [0.25, 0.3) is 0 Å². The van der Waals surface area contributed by atoms with Crippen LogP contribution in [0.4, 0.5) is 11.4 Å². The lowest BCUT2D eigenvalue weighted by Gasteiger charge is -2.34. The van der Waals surface area contributed by atoms with E-state index >= 15 is 0 Å². The Morgan fingerprint density at radius 3 is 2.77 bits per heavy atom. The second kappa shape index (κ2) is 6.81. The van der Waals surface area contributed by atoms with Crippen molar-refractivity contribution in [1.82, 2.24) is 0 Å². The largest absolute Gasteiger partial charge is 0.464 e. The van der Waals surface area contributed by atoms with Gasteiger partial charge < -0.3 is 10.1 Å². The van der Waals surface area contributed by atoms with Crippen LogP contribution in [0.15, 0.2) is 18.2 Å². The zero-order chi connectivity index (χ0) is 16.3. The van der Waals surface area contributed by atoms with Gasteiger partial charge in [0.15, 0.2) is 0 Å². The summed E-state index contributed by atoms with van der Waals surface area (Å²) < 4.78 is 5.21. The first-order valence-corrected chi connectivity index (χ1v) is 7.76. The molecule has 0 spiro atoms. The summed E-state index contributed by atoms with van der Waals surface area (Å²) in [6.45, 7) is 8.24. The van der Waals surface area contributed by atoms with Gasteiger partial charge in [-0.25, -0.2) is 0 Å². The van der Waals surface area contributed by atoms with Crippen molar-refractivity contribution >= 4 is 23.3 Å². The van der Waals surface area contributed by atoms with Crippen molar-refractivity contribution in [3.05, 3.63) is 23.8 Å². The summed E-state index contributed by atoms with van der Waals surface area (Å²) in [6, 6.07) is 5.51. The normalized spacial score (nSPS) is 17.2. The number of hydrogen-bond donors (Lipinski definition) is 1. The third-order valence-corrected chi connectivity index (χ3v) is 3.61. The van der Waals surface area contributed by atoms with Crippen LogP contribution in [0.2, 0.25) is 0 Å². The van der Waals surface area contributed by atoms with E-state index in [0.717, 1.165) is 16.9 Å². The first-order chi connectivity index (χ1) is 10.4. The molecule has 22 heavy (non-hydrogen) atoms. The minimum absolute atomic E-state index is 0.0419. The van der Waals surface area contributed by atoms with Crippen LogP contribution in [-0.2, 0) is 14.3 Å². The van der Waals surface area contributed by atoms with Crippen LogP contribution in [0, 0.1) is 12.8 Å². The molecule has 1 aliphatic heterocycles. The smallest absolute Gasteiger partial charge is 0.326 e. The molecular weight excluding hydrogens is 280 g/mol. The van der Waals surface area contributed by atoms with Gasteiger partial charge in [-0.15, -0.1) is 0 Å². The van der Waals surface area contributed by atoms with Crippen LogP contribution in [0.5, 0.6) is 0 Å². The van der Waals surface area contributed by atoms with Gasteiger partial charge in [-0.05, 0) is 37.0 Å². The maximum absolute atomic E-state index is 12.5. The summed E-state index contributed by atoms with van der Waals surface area (Å²) in [7, 11) is 0. The van der Waals surface area contributed by atoms with Crippen LogP contribution >= 0.6 is 0 Å². The number of ether oxygens (including phenoxy) is 1.